The minimum absolute atomic E-state index is 0.0479. The fourth-order valence-corrected chi connectivity index (χ4v) is 5.44. The SMILES string of the molecule is COc1cccc(-c2cnc(N(C)C)nc2[C@H]2CCCN2S(=O)(=O)c2cn(C)cn2)c1. The third-order valence-electron chi connectivity index (χ3n) is 5.36. The standard InChI is InChI=1S/C21H26N6O3S/c1-25(2)21-22-12-17(15-7-5-8-16(11-15)30-4)20(24-21)18-9-6-10-27(18)31(28,29)19-13-26(3)14-23-19/h5,7-8,11-14,18H,6,9-10H2,1-4H3/t18-/m1/s1. The van der Waals surface area contributed by atoms with Crippen LogP contribution in [0.2, 0.25) is 0 Å². The highest BCUT2D eigenvalue weighted by molar-refractivity contribution is 7.89. The van der Waals surface area contributed by atoms with Crippen molar-refractivity contribution in [1.82, 2.24) is 23.8 Å². The molecule has 0 saturated carbocycles. The number of nitrogens with zero attached hydrogens (tertiary/aromatic N) is 6. The number of aromatic nitrogens is 4. The summed E-state index contributed by atoms with van der Waals surface area (Å²) in [6.45, 7) is 0.419. The van der Waals surface area contributed by atoms with E-state index in [-0.39, 0.29) is 5.03 Å². The maximum Gasteiger partial charge on any atom is 0.262 e. The summed E-state index contributed by atoms with van der Waals surface area (Å²) in [7, 11) is 3.33. The van der Waals surface area contributed by atoms with E-state index in [0.29, 0.717) is 30.4 Å². The molecule has 1 aromatic carbocycles. The molecule has 1 fully saturated rings. The maximum atomic E-state index is 13.4. The van der Waals surface area contributed by atoms with Crippen molar-refractivity contribution in [2.45, 2.75) is 23.9 Å². The zero-order valence-corrected chi connectivity index (χ0v) is 18.9. The first-order chi connectivity index (χ1) is 14.8. The van der Waals surface area contributed by atoms with Crippen LogP contribution in [-0.4, -0.2) is 60.0 Å². The molecule has 0 unspecified atom stereocenters. The van der Waals surface area contributed by atoms with Gasteiger partial charge >= 0.3 is 0 Å². The Morgan fingerprint density at radius 1 is 1.23 bits per heavy atom. The van der Waals surface area contributed by atoms with Crippen LogP contribution in [0, 0.1) is 0 Å². The molecule has 1 aliphatic heterocycles. The van der Waals surface area contributed by atoms with Crippen LogP contribution >= 0.6 is 0 Å². The van der Waals surface area contributed by atoms with Gasteiger partial charge in [0.05, 0.1) is 25.2 Å². The number of rotatable bonds is 6. The van der Waals surface area contributed by atoms with Crippen molar-refractivity contribution in [3.63, 3.8) is 0 Å². The molecule has 0 amide bonds. The van der Waals surface area contributed by atoms with Crippen molar-refractivity contribution < 1.29 is 13.2 Å². The Labute approximate surface area is 182 Å². The highest BCUT2D eigenvalue weighted by Gasteiger charge is 2.39. The predicted molar refractivity (Wildman–Crippen MR) is 117 cm³/mol. The second-order valence-electron chi connectivity index (χ2n) is 7.75. The summed E-state index contributed by atoms with van der Waals surface area (Å²) < 4.78 is 35.3. The van der Waals surface area contributed by atoms with Gasteiger partial charge in [-0.2, -0.15) is 4.31 Å². The molecule has 31 heavy (non-hydrogen) atoms. The Balaban J connectivity index is 1.84. The largest absolute Gasteiger partial charge is 0.497 e. The summed E-state index contributed by atoms with van der Waals surface area (Å²) in [5.41, 5.74) is 2.35. The average molecular weight is 443 g/mol. The lowest BCUT2D eigenvalue weighted by Crippen LogP contribution is -2.32. The Morgan fingerprint density at radius 3 is 2.71 bits per heavy atom. The third-order valence-corrected chi connectivity index (χ3v) is 7.15. The number of sulfonamides is 1. The van der Waals surface area contributed by atoms with Gasteiger partial charge in [0.15, 0.2) is 5.03 Å². The Kier molecular flexibility index (Phi) is 5.67. The number of benzene rings is 1. The molecular weight excluding hydrogens is 416 g/mol. The molecule has 3 aromatic rings. The first kappa shape index (κ1) is 21.3. The van der Waals surface area contributed by atoms with Crippen LogP contribution in [0.3, 0.4) is 0 Å². The molecule has 0 bridgehead atoms. The molecule has 0 N–H and O–H groups in total. The van der Waals surface area contributed by atoms with Gasteiger partial charge in [0.1, 0.15) is 5.75 Å². The predicted octanol–water partition coefficient (Wildman–Crippen LogP) is 2.48. The van der Waals surface area contributed by atoms with Crippen LogP contribution in [0.25, 0.3) is 11.1 Å². The van der Waals surface area contributed by atoms with Crippen LogP contribution in [0.15, 0.2) is 48.0 Å². The second kappa shape index (κ2) is 8.27. The van der Waals surface area contributed by atoms with Crippen LogP contribution in [-0.2, 0) is 17.1 Å². The minimum Gasteiger partial charge on any atom is -0.497 e. The first-order valence-electron chi connectivity index (χ1n) is 9.99. The second-order valence-corrected chi connectivity index (χ2v) is 9.58. The average Bonchev–Trinajstić information content (AvgIpc) is 3.43. The summed E-state index contributed by atoms with van der Waals surface area (Å²) in [6, 6.07) is 7.21. The van der Waals surface area contributed by atoms with Crippen molar-refractivity contribution in [1.29, 1.82) is 0 Å². The molecule has 3 heterocycles. The molecule has 1 saturated heterocycles. The summed E-state index contributed by atoms with van der Waals surface area (Å²) >= 11 is 0. The van der Waals surface area contributed by atoms with E-state index in [1.807, 2.05) is 43.3 Å². The lowest BCUT2D eigenvalue weighted by atomic mass is 10.00. The number of hydrogen-bond donors (Lipinski definition) is 0. The maximum absolute atomic E-state index is 13.4. The molecule has 164 valence electrons. The summed E-state index contributed by atoms with van der Waals surface area (Å²) in [4.78, 5) is 15.2. The van der Waals surface area contributed by atoms with Gasteiger partial charge in [0, 0.05) is 45.6 Å². The summed E-state index contributed by atoms with van der Waals surface area (Å²) in [5.74, 6) is 1.24. The highest BCUT2D eigenvalue weighted by atomic mass is 32.2. The van der Waals surface area contributed by atoms with Gasteiger partial charge in [-0.25, -0.2) is 23.4 Å². The molecule has 10 heteroatoms. The van der Waals surface area contributed by atoms with Crippen molar-refractivity contribution >= 4 is 16.0 Å². The van der Waals surface area contributed by atoms with Gasteiger partial charge in [-0.05, 0) is 30.5 Å². The molecule has 9 nitrogen and oxygen atoms in total. The normalized spacial score (nSPS) is 17.1. The van der Waals surface area contributed by atoms with Crippen LogP contribution < -0.4 is 9.64 Å². The van der Waals surface area contributed by atoms with E-state index < -0.39 is 16.1 Å². The number of ether oxygens (including phenoxy) is 1. The molecule has 0 aliphatic carbocycles. The van der Waals surface area contributed by atoms with Gasteiger partial charge < -0.3 is 14.2 Å². The van der Waals surface area contributed by atoms with Crippen molar-refractivity contribution in [3.05, 3.63) is 48.7 Å². The van der Waals surface area contributed by atoms with E-state index >= 15 is 0 Å². The van der Waals surface area contributed by atoms with Crippen LogP contribution in [0.1, 0.15) is 24.6 Å². The van der Waals surface area contributed by atoms with Gasteiger partial charge in [0.25, 0.3) is 10.0 Å². The Bertz CT molecular complexity index is 1190. The summed E-state index contributed by atoms with van der Waals surface area (Å²) in [6.07, 6.45) is 6.20. The van der Waals surface area contributed by atoms with E-state index in [0.717, 1.165) is 17.5 Å². The lowest BCUT2D eigenvalue weighted by Gasteiger charge is -2.25. The Hall–Kier alpha value is -2.98. The number of aryl methyl sites for hydroxylation is 1. The zero-order chi connectivity index (χ0) is 22.2. The van der Waals surface area contributed by atoms with E-state index in [9.17, 15) is 8.42 Å². The fraction of sp³-hybridized carbons (Fsp3) is 0.381. The third kappa shape index (κ3) is 4.00. The van der Waals surface area contributed by atoms with E-state index in [1.54, 1.807) is 24.9 Å². The van der Waals surface area contributed by atoms with Crippen molar-refractivity contribution in [2.24, 2.45) is 7.05 Å². The van der Waals surface area contributed by atoms with Crippen LogP contribution in [0.5, 0.6) is 5.75 Å². The quantitative estimate of drug-likeness (QED) is 0.579. The molecule has 4 rings (SSSR count). The van der Waals surface area contributed by atoms with Crippen molar-refractivity contribution in [3.8, 4) is 16.9 Å². The van der Waals surface area contributed by atoms with Gasteiger partial charge in [-0.15, -0.1) is 0 Å². The van der Waals surface area contributed by atoms with Gasteiger partial charge in [0.2, 0.25) is 5.95 Å². The molecule has 1 aliphatic rings. The van der Waals surface area contributed by atoms with Crippen LogP contribution in [0.4, 0.5) is 5.95 Å². The molecule has 0 radical (unpaired) electrons. The van der Waals surface area contributed by atoms with E-state index in [4.69, 9.17) is 9.72 Å². The zero-order valence-electron chi connectivity index (χ0n) is 18.1. The summed E-state index contributed by atoms with van der Waals surface area (Å²) in [5, 5.41) is 0.0479. The number of anilines is 1. The number of methoxy groups -OCH3 is 1. The number of hydrogen-bond acceptors (Lipinski definition) is 7. The number of imidazole rings is 1. The molecule has 0 spiro atoms. The first-order valence-corrected chi connectivity index (χ1v) is 11.4. The molecule has 1 atom stereocenters. The monoisotopic (exact) mass is 442 g/mol. The van der Waals surface area contributed by atoms with E-state index in [1.165, 1.54) is 16.8 Å². The van der Waals surface area contributed by atoms with E-state index in [2.05, 4.69) is 9.97 Å². The minimum atomic E-state index is -3.76. The lowest BCUT2D eigenvalue weighted by molar-refractivity contribution is 0.389. The fourth-order valence-electron chi connectivity index (χ4n) is 3.81. The Morgan fingerprint density at radius 2 is 2.03 bits per heavy atom. The highest BCUT2D eigenvalue weighted by Crippen LogP contribution is 2.40. The topological polar surface area (TPSA) is 93.5 Å². The van der Waals surface area contributed by atoms with Gasteiger partial charge in [-0.1, -0.05) is 12.1 Å². The molecular formula is C21H26N6O3S. The molecule has 2 aromatic heterocycles. The van der Waals surface area contributed by atoms with Gasteiger partial charge in [-0.3, -0.25) is 0 Å². The van der Waals surface area contributed by atoms with Crippen molar-refractivity contribution in [2.75, 3.05) is 32.6 Å². The smallest absolute Gasteiger partial charge is 0.262 e.